The molecular weight excluding hydrogens is 438 g/mol. The zero-order valence-corrected chi connectivity index (χ0v) is 19.5. The Morgan fingerprint density at radius 1 is 0.914 bits per heavy atom. The summed E-state index contributed by atoms with van der Waals surface area (Å²) in [5.41, 5.74) is 5.17. The average Bonchev–Trinajstić information content (AvgIpc) is 2.90. The van der Waals surface area contributed by atoms with Crippen molar-refractivity contribution in [1.82, 2.24) is 14.9 Å². The molecule has 1 aliphatic heterocycles. The Hall–Kier alpha value is -3.74. The number of likely N-dealkylation sites (tertiary alicyclic amines) is 1. The van der Waals surface area contributed by atoms with Crippen LogP contribution in [0.3, 0.4) is 0 Å². The van der Waals surface area contributed by atoms with Crippen LogP contribution in [0, 0.1) is 0 Å². The highest BCUT2D eigenvalue weighted by atomic mass is 16.5. The van der Waals surface area contributed by atoms with Gasteiger partial charge < -0.3 is 14.9 Å². The summed E-state index contributed by atoms with van der Waals surface area (Å²) in [6.45, 7) is 2.46. The minimum Gasteiger partial charge on any atom is -0.507 e. The van der Waals surface area contributed by atoms with Crippen LogP contribution in [0.4, 0.5) is 0 Å². The first kappa shape index (κ1) is 23.0. The number of benzene rings is 2. The molecule has 0 spiro atoms. The number of nitrogens with zero attached hydrogens (tertiary/aromatic N) is 3. The second-order valence-corrected chi connectivity index (χ2v) is 8.82. The summed E-state index contributed by atoms with van der Waals surface area (Å²) in [5.74, 6) is 1.02. The Kier molecular flexibility index (Phi) is 7.02. The van der Waals surface area contributed by atoms with Crippen molar-refractivity contribution in [3.05, 3.63) is 102 Å². The molecule has 2 N–H and O–H groups in total. The zero-order chi connectivity index (χ0) is 24.0. The quantitative estimate of drug-likeness (QED) is 0.411. The molecule has 6 nitrogen and oxygen atoms in total. The van der Waals surface area contributed by atoms with Crippen molar-refractivity contribution in [1.29, 1.82) is 0 Å². The molecule has 0 radical (unpaired) electrons. The van der Waals surface area contributed by atoms with E-state index in [1.165, 1.54) is 5.57 Å². The predicted octanol–water partition coefficient (Wildman–Crippen LogP) is 4.67. The topological polar surface area (TPSA) is 78.7 Å². The van der Waals surface area contributed by atoms with Gasteiger partial charge in [0, 0.05) is 49.2 Å². The van der Waals surface area contributed by atoms with Crippen LogP contribution < -0.4 is 4.74 Å². The number of para-hydroxylation sites is 1. The van der Waals surface area contributed by atoms with Crippen LogP contribution >= 0.6 is 0 Å². The zero-order valence-electron chi connectivity index (χ0n) is 19.5. The summed E-state index contributed by atoms with van der Waals surface area (Å²) in [5, 5.41) is 22.2. The highest BCUT2D eigenvalue weighted by Gasteiger charge is 2.22. The van der Waals surface area contributed by atoms with Gasteiger partial charge in [-0.05, 0) is 66.4 Å². The molecule has 0 bridgehead atoms. The smallest absolute Gasteiger partial charge is 0.128 e. The minimum atomic E-state index is -0.592. The van der Waals surface area contributed by atoms with E-state index in [9.17, 15) is 10.2 Å². The van der Waals surface area contributed by atoms with Crippen LogP contribution in [-0.4, -0.2) is 57.4 Å². The molecule has 5 rings (SSSR count). The van der Waals surface area contributed by atoms with Gasteiger partial charge in [-0.15, -0.1) is 0 Å². The van der Waals surface area contributed by atoms with Crippen LogP contribution in [-0.2, 0) is 0 Å². The normalized spacial score (nSPS) is 15.2. The first-order valence-corrected chi connectivity index (χ1v) is 12.0. The standard InChI is InChI=1S/C29H29N3O3/c33-23(20-35-28-9-3-7-26-24(28)6-4-14-31-26)19-32-17-12-22(13-18-32)29(21-10-15-30-16-11-21)25-5-1-2-8-27(25)34/h1-11,14-16,23,33-34H,12-13,17-20H2. The van der Waals surface area contributed by atoms with Crippen molar-refractivity contribution in [3.8, 4) is 11.5 Å². The van der Waals surface area contributed by atoms with Gasteiger partial charge in [0.1, 0.15) is 24.2 Å². The third kappa shape index (κ3) is 5.34. The lowest BCUT2D eigenvalue weighted by molar-refractivity contribution is 0.0661. The maximum absolute atomic E-state index is 10.7. The van der Waals surface area contributed by atoms with Crippen LogP contribution in [0.5, 0.6) is 11.5 Å². The Bertz CT molecular complexity index is 1310. The monoisotopic (exact) mass is 467 g/mol. The molecule has 35 heavy (non-hydrogen) atoms. The van der Waals surface area contributed by atoms with E-state index < -0.39 is 6.10 Å². The number of hydrogen-bond donors (Lipinski definition) is 2. The molecule has 178 valence electrons. The van der Waals surface area contributed by atoms with E-state index in [-0.39, 0.29) is 12.4 Å². The van der Waals surface area contributed by atoms with E-state index in [4.69, 9.17) is 4.74 Å². The predicted molar refractivity (Wildman–Crippen MR) is 137 cm³/mol. The van der Waals surface area contributed by atoms with Crippen LogP contribution in [0.1, 0.15) is 24.0 Å². The number of aromatic hydroxyl groups is 1. The number of aromatic nitrogens is 2. The van der Waals surface area contributed by atoms with Gasteiger partial charge >= 0.3 is 0 Å². The second kappa shape index (κ2) is 10.7. The van der Waals surface area contributed by atoms with Crippen LogP contribution in [0.15, 0.2) is 90.9 Å². The summed E-state index contributed by atoms with van der Waals surface area (Å²) >= 11 is 0. The van der Waals surface area contributed by atoms with E-state index in [1.54, 1.807) is 24.7 Å². The lowest BCUT2D eigenvalue weighted by Crippen LogP contribution is -2.39. The van der Waals surface area contributed by atoms with Gasteiger partial charge in [-0.3, -0.25) is 14.9 Å². The highest BCUT2D eigenvalue weighted by molar-refractivity contribution is 5.85. The molecular formula is C29H29N3O3. The number of ether oxygens (including phenoxy) is 1. The minimum absolute atomic E-state index is 0.230. The first-order chi connectivity index (χ1) is 17.2. The lowest BCUT2D eigenvalue weighted by Gasteiger charge is -2.31. The molecule has 2 aromatic heterocycles. The van der Waals surface area contributed by atoms with Gasteiger partial charge in [-0.2, -0.15) is 0 Å². The fourth-order valence-corrected chi connectivity index (χ4v) is 4.75. The average molecular weight is 468 g/mol. The van der Waals surface area contributed by atoms with Crippen molar-refractivity contribution >= 4 is 16.5 Å². The number of phenolic OH excluding ortho intramolecular Hbond substituents is 1. The fraction of sp³-hybridized carbons (Fsp3) is 0.241. The van der Waals surface area contributed by atoms with Crippen molar-refractivity contribution < 1.29 is 14.9 Å². The molecule has 1 unspecified atom stereocenters. The molecule has 1 fully saturated rings. The van der Waals surface area contributed by atoms with E-state index in [0.717, 1.165) is 59.3 Å². The number of aliphatic hydroxyl groups excluding tert-OH is 1. The number of β-amino-alcohol motifs (C(OH)–C–C–N with tert-alkyl or cyclic N) is 1. The van der Waals surface area contributed by atoms with Gasteiger partial charge in [-0.25, -0.2) is 0 Å². The van der Waals surface area contributed by atoms with Crippen molar-refractivity contribution in [2.24, 2.45) is 0 Å². The van der Waals surface area contributed by atoms with Gasteiger partial charge in [0.05, 0.1) is 5.52 Å². The molecule has 2 aromatic carbocycles. The van der Waals surface area contributed by atoms with Crippen molar-refractivity contribution in [2.75, 3.05) is 26.2 Å². The molecule has 0 amide bonds. The molecule has 1 saturated heterocycles. The van der Waals surface area contributed by atoms with Gasteiger partial charge in [0.2, 0.25) is 0 Å². The van der Waals surface area contributed by atoms with Crippen LogP contribution in [0.25, 0.3) is 16.5 Å². The third-order valence-electron chi connectivity index (χ3n) is 6.46. The SMILES string of the molecule is Oc1ccccc1C(=C1CCN(CC(O)COc2cccc3ncccc23)CC1)c1ccncc1. The van der Waals surface area contributed by atoms with E-state index >= 15 is 0 Å². The number of pyridine rings is 2. The number of aliphatic hydroxyl groups is 1. The number of piperidine rings is 1. The third-order valence-corrected chi connectivity index (χ3v) is 6.46. The summed E-state index contributed by atoms with van der Waals surface area (Å²) in [6, 6.07) is 21.1. The Morgan fingerprint density at radius 2 is 1.71 bits per heavy atom. The summed E-state index contributed by atoms with van der Waals surface area (Å²) in [4.78, 5) is 10.8. The summed E-state index contributed by atoms with van der Waals surface area (Å²) in [7, 11) is 0. The molecule has 3 heterocycles. The maximum Gasteiger partial charge on any atom is 0.128 e. The largest absolute Gasteiger partial charge is 0.507 e. The maximum atomic E-state index is 10.7. The summed E-state index contributed by atoms with van der Waals surface area (Å²) < 4.78 is 5.95. The Balaban J connectivity index is 1.24. The van der Waals surface area contributed by atoms with Crippen molar-refractivity contribution in [2.45, 2.75) is 18.9 Å². The molecule has 0 saturated carbocycles. The molecule has 0 aliphatic carbocycles. The first-order valence-electron chi connectivity index (χ1n) is 12.0. The number of phenols is 1. The van der Waals surface area contributed by atoms with Crippen LogP contribution in [0.2, 0.25) is 0 Å². The summed E-state index contributed by atoms with van der Waals surface area (Å²) in [6.07, 6.45) is 6.48. The van der Waals surface area contributed by atoms with E-state index in [0.29, 0.717) is 6.54 Å². The molecule has 4 aromatic rings. The Morgan fingerprint density at radius 3 is 2.51 bits per heavy atom. The number of rotatable bonds is 7. The van der Waals surface area contributed by atoms with E-state index in [1.807, 2.05) is 60.7 Å². The van der Waals surface area contributed by atoms with E-state index in [2.05, 4.69) is 14.9 Å². The van der Waals surface area contributed by atoms with Crippen molar-refractivity contribution in [3.63, 3.8) is 0 Å². The highest BCUT2D eigenvalue weighted by Crippen LogP contribution is 2.36. The number of fused-ring (bicyclic) bond motifs is 1. The van der Waals surface area contributed by atoms with Gasteiger partial charge in [0.15, 0.2) is 0 Å². The second-order valence-electron chi connectivity index (χ2n) is 8.82. The van der Waals surface area contributed by atoms with Gasteiger partial charge in [0.25, 0.3) is 0 Å². The number of hydrogen-bond acceptors (Lipinski definition) is 6. The Labute approximate surface area is 205 Å². The molecule has 1 atom stereocenters. The lowest BCUT2D eigenvalue weighted by atomic mass is 9.88. The molecule has 1 aliphatic rings. The molecule has 6 heteroatoms. The fourth-order valence-electron chi connectivity index (χ4n) is 4.75. The van der Waals surface area contributed by atoms with Gasteiger partial charge in [-0.1, -0.05) is 29.8 Å².